The molecule has 0 aliphatic heterocycles. The van der Waals surface area contributed by atoms with Crippen LogP contribution >= 0.6 is 23.2 Å². The van der Waals surface area contributed by atoms with E-state index in [1.54, 1.807) is 24.3 Å². The van der Waals surface area contributed by atoms with Gasteiger partial charge in [-0.1, -0.05) is 41.4 Å². The molecule has 1 aromatic heterocycles. The van der Waals surface area contributed by atoms with E-state index in [-0.39, 0.29) is 21.9 Å². The van der Waals surface area contributed by atoms with Gasteiger partial charge in [0.25, 0.3) is 5.91 Å². The summed E-state index contributed by atoms with van der Waals surface area (Å²) in [5.41, 5.74) is 0.512. The van der Waals surface area contributed by atoms with Gasteiger partial charge in [-0.25, -0.2) is 9.97 Å². The minimum atomic E-state index is -0.303. The predicted octanol–water partition coefficient (Wildman–Crippen LogP) is 3.04. The Morgan fingerprint density at radius 1 is 1.12 bits per heavy atom. The fourth-order valence-corrected chi connectivity index (χ4v) is 1.48. The molecule has 2 rings (SSSR count). The van der Waals surface area contributed by atoms with Gasteiger partial charge in [0.1, 0.15) is 11.3 Å². The van der Waals surface area contributed by atoms with Crippen LogP contribution in [0.25, 0.3) is 0 Å². The third kappa shape index (κ3) is 2.72. The van der Waals surface area contributed by atoms with Crippen LogP contribution in [0.1, 0.15) is 10.4 Å². The summed E-state index contributed by atoms with van der Waals surface area (Å²) in [6.07, 6.45) is 1.23. The van der Waals surface area contributed by atoms with Gasteiger partial charge in [0.05, 0.1) is 0 Å². The number of benzene rings is 1. The lowest BCUT2D eigenvalue weighted by molar-refractivity contribution is 0.102. The Balaban J connectivity index is 2.22. The van der Waals surface area contributed by atoms with E-state index in [9.17, 15) is 4.79 Å². The molecule has 6 heteroatoms. The van der Waals surface area contributed by atoms with Crippen molar-refractivity contribution in [3.63, 3.8) is 0 Å². The van der Waals surface area contributed by atoms with Crippen molar-refractivity contribution in [2.24, 2.45) is 0 Å². The molecule has 0 bridgehead atoms. The summed E-state index contributed by atoms with van der Waals surface area (Å²) < 4.78 is 0. The van der Waals surface area contributed by atoms with Crippen LogP contribution < -0.4 is 5.32 Å². The van der Waals surface area contributed by atoms with Gasteiger partial charge in [-0.2, -0.15) is 0 Å². The standard InChI is InChI=1S/C11H7Cl2N3O/c12-8-9(13)14-6-15-10(8)16-11(17)7-4-2-1-3-5-7/h1-6H,(H,14,15,16,17). The van der Waals surface area contributed by atoms with Crippen molar-refractivity contribution in [2.45, 2.75) is 0 Å². The first-order valence-corrected chi connectivity index (χ1v) is 5.46. The predicted molar refractivity (Wildman–Crippen MR) is 66.4 cm³/mol. The Hall–Kier alpha value is -1.65. The number of carbonyl (C=O) groups excluding carboxylic acids is 1. The first kappa shape index (κ1) is 11.8. The molecular formula is C11H7Cl2N3O. The molecule has 0 atom stereocenters. The van der Waals surface area contributed by atoms with Gasteiger partial charge < -0.3 is 5.32 Å². The minimum Gasteiger partial charge on any atom is -0.305 e. The summed E-state index contributed by atoms with van der Waals surface area (Å²) in [7, 11) is 0. The summed E-state index contributed by atoms with van der Waals surface area (Å²) >= 11 is 11.6. The second kappa shape index (κ2) is 5.12. The highest BCUT2D eigenvalue weighted by Gasteiger charge is 2.11. The number of nitrogens with zero attached hydrogens (tertiary/aromatic N) is 2. The van der Waals surface area contributed by atoms with Crippen LogP contribution in [0.2, 0.25) is 10.2 Å². The first-order valence-electron chi connectivity index (χ1n) is 4.71. The highest BCUT2D eigenvalue weighted by Crippen LogP contribution is 2.25. The Morgan fingerprint density at radius 2 is 1.82 bits per heavy atom. The molecular weight excluding hydrogens is 261 g/mol. The molecule has 1 aromatic carbocycles. The van der Waals surface area contributed by atoms with Crippen LogP contribution in [-0.4, -0.2) is 15.9 Å². The average Bonchev–Trinajstić information content (AvgIpc) is 2.36. The number of halogens is 2. The zero-order chi connectivity index (χ0) is 12.3. The van der Waals surface area contributed by atoms with Gasteiger partial charge in [0.15, 0.2) is 11.0 Å². The maximum absolute atomic E-state index is 11.8. The fourth-order valence-electron chi connectivity index (χ4n) is 1.20. The summed E-state index contributed by atoms with van der Waals surface area (Å²) in [6, 6.07) is 8.73. The maximum Gasteiger partial charge on any atom is 0.256 e. The molecule has 17 heavy (non-hydrogen) atoms. The van der Waals surface area contributed by atoms with E-state index in [4.69, 9.17) is 23.2 Å². The first-order chi connectivity index (χ1) is 8.18. The monoisotopic (exact) mass is 267 g/mol. The molecule has 4 nitrogen and oxygen atoms in total. The number of hydrogen-bond acceptors (Lipinski definition) is 3. The topological polar surface area (TPSA) is 54.9 Å². The molecule has 0 unspecified atom stereocenters. The number of amides is 1. The summed E-state index contributed by atoms with van der Waals surface area (Å²) in [5, 5.41) is 2.79. The molecule has 2 aromatic rings. The van der Waals surface area contributed by atoms with E-state index in [1.807, 2.05) is 6.07 Å². The summed E-state index contributed by atoms with van der Waals surface area (Å²) in [5.74, 6) is -0.109. The zero-order valence-corrected chi connectivity index (χ0v) is 10.0. The van der Waals surface area contributed by atoms with E-state index < -0.39 is 0 Å². The molecule has 1 N–H and O–H groups in total. The largest absolute Gasteiger partial charge is 0.305 e. The van der Waals surface area contributed by atoms with Crippen molar-refractivity contribution in [3.8, 4) is 0 Å². The highest BCUT2D eigenvalue weighted by molar-refractivity contribution is 6.43. The number of nitrogens with one attached hydrogen (secondary N) is 1. The Labute approximate surface area is 108 Å². The third-order valence-electron chi connectivity index (χ3n) is 2.01. The molecule has 1 heterocycles. The zero-order valence-electron chi connectivity index (χ0n) is 8.52. The van der Waals surface area contributed by atoms with Crippen LogP contribution in [0.4, 0.5) is 5.82 Å². The van der Waals surface area contributed by atoms with E-state index in [1.165, 1.54) is 6.33 Å². The van der Waals surface area contributed by atoms with Crippen LogP contribution in [0.15, 0.2) is 36.7 Å². The maximum atomic E-state index is 11.8. The van der Waals surface area contributed by atoms with Gasteiger partial charge in [0.2, 0.25) is 0 Å². The van der Waals surface area contributed by atoms with Gasteiger partial charge >= 0.3 is 0 Å². The Bertz CT molecular complexity index is 546. The SMILES string of the molecule is O=C(Nc1ncnc(Cl)c1Cl)c1ccccc1. The summed E-state index contributed by atoms with van der Waals surface area (Å²) in [4.78, 5) is 19.3. The average molecular weight is 268 g/mol. The number of hydrogen-bond donors (Lipinski definition) is 1. The molecule has 0 radical (unpaired) electrons. The molecule has 0 aliphatic carbocycles. The normalized spacial score (nSPS) is 10.0. The number of aromatic nitrogens is 2. The fraction of sp³-hybridized carbons (Fsp3) is 0. The van der Waals surface area contributed by atoms with Crippen LogP contribution in [0.3, 0.4) is 0 Å². The molecule has 86 valence electrons. The van der Waals surface area contributed by atoms with Crippen molar-refractivity contribution in [3.05, 3.63) is 52.4 Å². The minimum absolute atomic E-state index is 0.102. The molecule has 0 saturated heterocycles. The van der Waals surface area contributed by atoms with Gasteiger partial charge in [-0.05, 0) is 12.1 Å². The lowest BCUT2D eigenvalue weighted by Gasteiger charge is -2.06. The molecule has 0 fully saturated rings. The van der Waals surface area contributed by atoms with Crippen molar-refractivity contribution >= 4 is 34.9 Å². The Kier molecular flexibility index (Phi) is 3.56. The van der Waals surface area contributed by atoms with E-state index in [0.29, 0.717) is 5.56 Å². The lowest BCUT2D eigenvalue weighted by atomic mass is 10.2. The van der Waals surface area contributed by atoms with Crippen LogP contribution in [-0.2, 0) is 0 Å². The third-order valence-corrected chi connectivity index (χ3v) is 2.76. The van der Waals surface area contributed by atoms with E-state index in [2.05, 4.69) is 15.3 Å². The molecule has 0 aliphatic rings. The molecule has 1 amide bonds. The quantitative estimate of drug-likeness (QED) is 0.851. The van der Waals surface area contributed by atoms with Crippen LogP contribution in [0.5, 0.6) is 0 Å². The highest BCUT2D eigenvalue weighted by atomic mass is 35.5. The van der Waals surface area contributed by atoms with Gasteiger partial charge in [0, 0.05) is 5.56 Å². The van der Waals surface area contributed by atoms with E-state index >= 15 is 0 Å². The lowest BCUT2D eigenvalue weighted by Crippen LogP contribution is -2.13. The van der Waals surface area contributed by atoms with Gasteiger partial charge in [-0.3, -0.25) is 4.79 Å². The number of anilines is 1. The van der Waals surface area contributed by atoms with Crippen LogP contribution in [0, 0.1) is 0 Å². The smallest absolute Gasteiger partial charge is 0.256 e. The molecule has 0 spiro atoms. The van der Waals surface area contributed by atoms with Crippen molar-refractivity contribution in [1.82, 2.24) is 9.97 Å². The molecule has 0 saturated carbocycles. The van der Waals surface area contributed by atoms with Crippen molar-refractivity contribution in [1.29, 1.82) is 0 Å². The van der Waals surface area contributed by atoms with Crippen molar-refractivity contribution < 1.29 is 4.79 Å². The summed E-state index contributed by atoms with van der Waals surface area (Å²) in [6.45, 7) is 0. The Morgan fingerprint density at radius 3 is 2.53 bits per heavy atom. The van der Waals surface area contributed by atoms with Crippen molar-refractivity contribution in [2.75, 3.05) is 5.32 Å². The van der Waals surface area contributed by atoms with E-state index in [0.717, 1.165) is 0 Å². The number of carbonyl (C=O) groups is 1. The second-order valence-electron chi connectivity index (χ2n) is 3.15. The second-order valence-corrected chi connectivity index (χ2v) is 3.88. The van der Waals surface area contributed by atoms with Gasteiger partial charge in [-0.15, -0.1) is 0 Å². The number of rotatable bonds is 2.